The van der Waals surface area contributed by atoms with E-state index in [4.69, 9.17) is 4.74 Å². The first-order valence-electron chi connectivity index (χ1n) is 9.20. The Morgan fingerprint density at radius 2 is 2.00 bits per heavy atom. The minimum absolute atomic E-state index is 0.0874. The largest absolute Gasteiger partial charge is 0.497 e. The molecule has 0 aliphatic rings. The summed E-state index contributed by atoms with van der Waals surface area (Å²) in [6, 6.07) is 17.2. The lowest BCUT2D eigenvalue weighted by atomic mass is 10.1. The van der Waals surface area contributed by atoms with Crippen LogP contribution in [-0.2, 0) is 6.42 Å². The molecule has 0 saturated carbocycles. The van der Waals surface area contributed by atoms with Crippen molar-refractivity contribution in [2.24, 2.45) is 0 Å². The summed E-state index contributed by atoms with van der Waals surface area (Å²) in [4.78, 5) is 21.2. The zero-order chi connectivity index (χ0) is 20.1. The lowest BCUT2D eigenvalue weighted by molar-refractivity contribution is 0.0954. The first-order valence-corrected chi connectivity index (χ1v) is 10.0. The second-order valence-electron chi connectivity index (χ2n) is 6.42. The van der Waals surface area contributed by atoms with Crippen LogP contribution < -0.4 is 15.4 Å². The standard InChI is InChI=1S/C22H20N4O2S/c1-28-18-7-4-15(5-8-18)10-12-24-21(27)16-6-9-19-20(13-16)29-22(26-19)25-17-3-2-11-23-14-17/h2-9,11,13-14H,10,12H2,1H3,(H,24,27)(H,25,26). The van der Waals surface area contributed by atoms with E-state index in [1.807, 2.05) is 48.5 Å². The van der Waals surface area contributed by atoms with Crippen molar-refractivity contribution in [2.45, 2.75) is 6.42 Å². The van der Waals surface area contributed by atoms with Crippen molar-refractivity contribution in [3.63, 3.8) is 0 Å². The fraction of sp³-hybridized carbons (Fsp3) is 0.136. The second kappa shape index (κ2) is 8.70. The van der Waals surface area contributed by atoms with E-state index in [0.29, 0.717) is 12.1 Å². The number of benzene rings is 2. The Balaban J connectivity index is 1.38. The number of hydrogen-bond acceptors (Lipinski definition) is 6. The van der Waals surface area contributed by atoms with Crippen LogP contribution in [0, 0.1) is 0 Å². The molecule has 4 rings (SSSR count). The van der Waals surface area contributed by atoms with Gasteiger partial charge < -0.3 is 15.4 Å². The molecule has 0 bridgehead atoms. The molecule has 2 aromatic carbocycles. The van der Waals surface area contributed by atoms with E-state index in [1.54, 1.807) is 25.6 Å². The highest BCUT2D eigenvalue weighted by Gasteiger charge is 2.10. The monoisotopic (exact) mass is 404 g/mol. The number of fused-ring (bicyclic) bond motifs is 1. The third-order valence-corrected chi connectivity index (χ3v) is 5.36. The van der Waals surface area contributed by atoms with Crippen LogP contribution in [-0.4, -0.2) is 29.5 Å². The Hall–Kier alpha value is -3.45. The topological polar surface area (TPSA) is 76.1 Å². The number of carbonyl (C=O) groups excluding carboxylic acids is 1. The predicted octanol–water partition coefficient (Wildman–Crippen LogP) is 4.42. The second-order valence-corrected chi connectivity index (χ2v) is 7.45. The zero-order valence-corrected chi connectivity index (χ0v) is 16.7. The molecule has 6 nitrogen and oxygen atoms in total. The van der Waals surface area contributed by atoms with E-state index < -0.39 is 0 Å². The molecule has 2 heterocycles. The number of thiazole rings is 1. The molecule has 29 heavy (non-hydrogen) atoms. The maximum Gasteiger partial charge on any atom is 0.251 e. The summed E-state index contributed by atoms with van der Waals surface area (Å²) in [6.45, 7) is 0.569. The van der Waals surface area contributed by atoms with Gasteiger partial charge in [0.1, 0.15) is 5.75 Å². The van der Waals surface area contributed by atoms with Crippen LogP contribution in [0.2, 0.25) is 0 Å². The maximum atomic E-state index is 12.5. The summed E-state index contributed by atoms with van der Waals surface area (Å²) in [5.41, 5.74) is 3.51. The first kappa shape index (κ1) is 18.9. The van der Waals surface area contributed by atoms with Crippen LogP contribution in [0.25, 0.3) is 10.2 Å². The van der Waals surface area contributed by atoms with Gasteiger partial charge in [-0.05, 0) is 54.4 Å². The number of nitrogens with zero attached hydrogens (tertiary/aromatic N) is 2. The van der Waals surface area contributed by atoms with Gasteiger partial charge in [-0.15, -0.1) is 0 Å². The van der Waals surface area contributed by atoms with E-state index in [1.165, 1.54) is 11.3 Å². The van der Waals surface area contributed by atoms with Crippen LogP contribution in [0.5, 0.6) is 5.75 Å². The lowest BCUT2D eigenvalue weighted by Crippen LogP contribution is -2.25. The number of ether oxygens (including phenoxy) is 1. The molecule has 0 spiro atoms. The van der Waals surface area contributed by atoms with Crippen LogP contribution in [0.4, 0.5) is 10.8 Å². The normalized spacial score (nSPS) is 10.7. The van der Waals surface area contributed by atoms with E-state index in [-0.39, 0.29) is 5.91 Å². The first-order chi connectivity index (χ1) is 14.2. The summed E-state index contributed by atoms with van der Waals surface area (Å²) in [5.74, 6) is 0.739. The molecule has 7 heteroatoms. The van der Waals surface area contributed by atoms with Crippen molar-refractivity contribution in [1.82, 2.24) is 15.3 Å². The van der Waals surface area contributed by atoms with E-state index >= 15 is 0 Å². The van der Waals surface area contributed by atoms with Gasteiger partial charge in [-0.25, -0.2) is 4.98 Å². The molecule has 146 valence electrons. The molecule has 2 aromatic heterocycles. The van der Waals surface area contributed by atoms with Crippen LogP contribution in [0.15, 0.2) is 67.0 Å². The smallest absolute Gasteiger partial charge is 0.251 e. The van der Waals surface area contributed by atoms with Gasteiger partial charge in [0, 0.05) is 18.3 Å². The number of rotatable bonds is 7. The molecular formula is C22H20N4O2S. The molecule has 1 amide bonds. The van der Waals surface area contributed by atoms with E-state index in [0.717, 1.165) is 38.8 Å². The molecule has 0 unspecified atom stereocenters. The Bertz CT molecular complexity index is 1110. The SMILES string of the molecule is COc1ccc(CCNC(=O)c2ccc3nc(Nc4cccnc4)sc3c2)cc1. The highest BCUT2D eigenvalue weighted by Crippen LogP contribution is 2.28. The molecule has 0 fully saturated rings. The average molecular weight is 404 g/mol. The van der Waals surface area contributed by atoms with Crippen molar-refractivity contribution < 1.29 is 9.53 Å². The summed E-state index contributed by atoms with van der Waals surface area (Å²) >= 11 is 1.51. The van der Waals surface area contributed by atoms with Gasteiger partial charge in [0.2, 0.25) is 0 Å². The summed E-state index contributed by atoms with van der Waals surface area (Å²) < 4.78 is 6.12. The molecule has 0 saturated heterocycles. The minimum atomic E-state index is -0.0874. The quantitative estimate of drug-likeness (QED) is 0.477. The van der Waals surface area contributed by atoms with Crippen molar-refractivity contribution in [1.29, 1.82) is 0 Å². The Labute approximate surface area is 172 Å². The predicted molar refractivity (Wildman–Crippen MR) is 116 cm³/mol. The van der Waals surface area contributed by atoms with Gasteiger partial charge in [0.25, 0.3) is 5.91 Å². The summed E-state index contributed by atoms with van der Waals surface area (Å²) in [7, 11) is 1.65. The van der Waals surface area contributed by atoms with Gasteiger partial charge in [0.05, 0.1) is 29.2 Å². The molecule has 0 aliphatic carbocycles. The Morgan fingerprint density at radius 3 is 2.76 bits per heavy atom. The molecule has 0 aliphatic heterocycles. The number of carbonyl (C=O) groups is 1. The fourth-order valence-corrected chi connectivity index (χ4v) is 3.82. The van der Waals surface area contributed by atoms with Crippen LogP contribution in [0.1, 0.15) is 15.9 Å². The average Bonchev–Trinajstić information content (AvgIpc) is 3.16. The van der Waals surface area contributed by atoms with Crippen molar-refractivity contribution >= 4 is 38.3 Å². The molecule has 0 radical (unpaired) electrons. The Morgan fingerprint density at radius 1 is 1.14 bits per heavy atom. The number of hydrogen-bond donors (Lipinski definition) is 2. The van der Waals surface area contributed by atoms with Gasteiger partial charge in [0.15, 0.2) is 5.13 Å². The van der Waals surface area contributed by atoms with Gasteiger partial charge in [-0.2, -0.15) is 0 Å². The zero-order valence-electron chi connectivity index (χ0n) is 15.9. The summed E-state index contributed by atoms with van der Waals surface area (Å²) in [5, 5.41) is 6.98. The van der Waals surface area contributed by atoms with Crippen molar-refractivity contribution in [2.75, 3.05) is 19.0 Å². The maximum absolute atomic E-state index is 12.5. The summed E-state index contributed by atoms with van der Waals surface area (Å²) in [6.07, 6.45) is 4.23. The number of aromatic nitrogens is 2. The lowest BCUT2D eigenvalue weighted by Gasteiger charge is -2.06. The van der Waals surface area contributed by atoms with Crippen molar-refractivity contribution in [3.05, 3.63) is 78.1 Å². The van der Waals surface area contributed by atoms with Gasteiger partial charge in [-0.3, -0.25) is 9.78 Å². The molecule has 4 aromatic rings. The van der Waals surface area contributed by atoms with Crippen molar-refractivity contribution in [3.8, 4) is 5.75 Å². The number of nitrogens with one attached hydrogen (secondary N) is 2. The number of pyridine rings is 1. The van der Waals surface area contributed by atoms with Gasteiger partial charge >= 0.3 is 0 Å². The molecule has 0 atom stereocenters. The minimum Gasteiger partial charge on any atom is -0.497 e. The third kappa shape index (κ3) is 4.70. The van der Waals surface area contributed by atoms with Crippen LogP contribution >= 0.6 is 11.3 Å². The van der Waals surface area contributed by atoms with E-state index in [2.05, 4.69) is 20.6 Å². The van der Waals surface area contributed by atoms with Gasteiger partial charge in [-0.1, -0.05) is 23.5 Å². The highest BCUT2D eigenvalue weighted by molar-refractivity contribution is 7.22. The van der Waals surface area contributed by atoms with E-state index in [9.17, 15) is 4.79 Å². The third-order valence-electron chi connectivity index (χ3n) is 4.42. The number of anilines is 2. The molecule has 2 N–H and O–H groups in total. The fourth-order valence-electron chi connectivity index (χ4n) is 2.89. The molecular weight excluding hydrogens is 384 g/mol. The highest BCUT2D eigenvalue weighted by atomic mass is 32.1. The Kier molecular flexibility index (Phi) is 5.67. The number of amides is 1. The number of methoxy groups -OCH3 is 1. The van der Waals surface area contributed by atoms with Crippen LogP contribution in [0.3, 0.4) is 0 Å².